The third-order valence-corrected chi connectivity index (χ3v) is 9.41. The average molecular weight is 580 g/mol. The molecule has 1 N–H and O–H groups in total. The molecule has 1 aromatic carbocycles. The molecule has 0 saturated carbocycles. The summed E-state index contributed by atoms with van der Waals surface area (Å²) in [5.41, 5.74) is -0.772. The molecule has 2 amide bonds. The van der Waals surface area contributed by atoms with Crippen molar-refractivity contribution in [2.24, 2.45) is 17.8 Å². The molecule has 3 unspecified atom stereocenters. The van der Waals surface area contributed by atoms with Crippen molar-refractivity contribution in [3.8, 4) is 0 Å². The van der Waals surface area contributed by atoms with Gasteiger partial charge in [0.05, 0.1) is 36.3 Å². The van der Waals surface area contributed by atoms with Gasteiger partial charge in [-0.15, -0.1) is 18.3 Å². The Hall–Kier alpha value is -3.57. The number of amides is 2. The summed E-state index contributed by atoms with van der Waals surface area (Å²) in [7, 11) is 0. The molecule has 5 rings (SSSR count). The first-order valence-electron chi connectivity index (χ1n) is 14.7. The third kappa shape index (κ3) is 4.63. The molecule has 1 aromatic heterocycles. The Kier molecular flexibility index (Phi) is 8.26. The van der Waals surface area contributed by atoms with E-state index in [4.69, 9.17) is 9.47 Å². The van der Waals surface area contributed by atoms with Gasteiger partial charge >= 0.3 is 5.97 Å². The van der Waals surface area contributed by atoms with Crippen LogP contribution in [0.4, 0.5) is 0 Å². The highest BCUT2D eigenvalue weighted by Crippen LogP contribution is 2.65. The Morgan fingerprint density at radius 2 is 2.05 bits per heavy atom. The Morgan fingerprint density at radius 3 is 2.76 bits per heavy atom. The van der Waals surface area contributed by atoms with Crippen LogP contribution in [0.5, 0.6) is 0 Å². The maximum Gasteiger partial charge on any atom is 0.312 e. The smallest absolute Gasteiger partial charge is 0.312 e. The number of aliphatic hydroxyl groups is 1. The summed E-state index contributed by atoms with van der Waals surface area (Å²) in [6, 6.07) is 5.72. The number of carbonyl (C=O) groups is 3. The van der Waals surface area contributed by atoms with Crippen molar-refractivity contribution in [1.82, 2.24) is 24.8 Å². The van der Waals surface area contributed by atoms with E-state index in [1.165, 1.54) is 4.90 Å². The van der Waals surface area contributed by atoms with E-state index in [1.54, 1.807) is 22.6 Å². The number of hydrogen-bond acceptors (Lipinski definition) is 8. The number of carbonyl (C=O) groups excluding carboxylic acids is 3. The summed E-state index contributed by atoms with van der Waals surface area (Å²) in [6.45, 7) is 13.2. The Labute approximate surface area is 246 Å². The Balaban J connectivity index is 1.50. The molecule has 226 valence electrons. The molecular weight excluding hydrogens is 538 g/mol. The zero-order chi connectivity index (χ0) is 30.2. The summed E-state index contributed by atoms with van der Waals surface area (Å²) >= 11 is 0. The normalized spacial score (nSPS) is 30.4. The molecule has 2 bridgehead atoms. The SMILES string of the molecule is C=CCCCCOC(=O)[C@H]1[C@H]2C(=O)N([C@H](C)CO)C(C(=O)N(CC=C)Cn3nnc4ccccc43)C23CC(C)[C@]1(C)O3. The van der Waals surface area contributed by atoms with Gasteiger partial charge in [0.1, 0.15) is 29.7 Å². The zero-order valence-corrected chi connectivity index (χ0v) is 24.6. The number of ether oxygens (including phenoxy) is 2. The summed E-state index contributed by atoms with van der Waals surface area (Å²) < 4.78 is 14.1. The van der Waals surface area contributed by atoms with E-state index in [0.717, 1.165) is 18.4 Å². The molecule has 11 nitrogen and oxygen atoms in total. The van der Waals surface area contributed by atoms with Crippen LogP contribution in [0.3, 0.4) is 0 Å². The van der Waals surface area contributed by atoms with Gasteiger partial charge in [-0.05, 0) is 57.6 Å². The Bertz CT molecular complexity index is 1380. The lowest BCUT2D eigenvalue weighted by atomic mass is 9.62. The molecule has 3 saturated heterocycles. The maximum absolute atomic E-state index is 14.6. The number of hydrogen-bond donors (Lipinski definition) is 1. The van der Waals surface area contributed by atoms with Gasteiger partial charge in [-0.1, -0.05) is 36.4 Å². The highest BCUT2D eigenvalue weighted by molar-refractivity contribution is 5.98. The minimum absolute atomic E-state index is 0.0706. The van der Waals surface area contributed by atoms with Crippen LogP contribution >= 0.6 is 0 Å². The van der Waals surface area contributed by atoms with Gasteiger partial charge in [0.2, 0.25) is 11.8 Å². The summed E-state index contributed by atoms with van der Waals surface area (Å²) in [5.74, 6) is -3.10. The van der Waals surface area contributed by atoms with E-state index < -0.39 is 41.1 Å². The van der Waals surface area contributed by atoms with Crippen molar-refractivity contribution in [1.29, 1.82) is 0 Å². The number of benzene rings is 1. The molecular formula is C31H41N5O6. The van der Waals surface area contributed by atoms with Crippen LogP contribution in [-0.4, -0.2) is 90.7 Å². The number of nitrogens with zero attached hydrogens (tertiary/aromatic N) is 5. The zero-order valence-electron chi connectivity index (χ0n) is 24.6. The van der Waals surface area contributed by atoms with Crippen molar-refractivity contribution in [2.45, 2.75) is 76.4 Å². The van der Waals surface area contributed by atoms with Crippen molar-refractivity contribution in [3.63, 3.8) is 0 Å². The quantitative estimate of drug-likeness (QED) is 0.218. The second-order valence-electron chi connectivity index (χ2n) is 12.0. The number of aromatic nitrogens is 3. The number of allylic oxidation sites excluding steroid dienone is 1. The van der Waals surface area contributed by atoms with Gasteiger partial charge in [-0.2, -0.15) is 0 Å². The van der Waals surface area contributed by atoms with Crippen LogP contribution in [0.15, 0.2) is 49.6 Å². The molecule has 3 aliphatic heterocycles. The van der Waals surface area contributed by atoms with Gasteiger partial charge < -0.3 is 24.4 Å². The number of esters is 1. The molecule has 42 heavy (non-hydrogen) atoms. The highest BCUT2D eigenvalue weighted by atomic mass is 16.6. The van der Waals surface area contributed by atoms with Gasteiger partial charge in [0, 0.05) is 6.54 Å². The second kappa shape index (κ2) is 11.6. The standard InChI is InChI=1S/C31H41N5O6/c1-6-8-9-12-16-41-29(40)25-24-27(38)36(21(4)18-37)26(31(24)17-20(3)30(25,5)42-31)28(39)34(15-7-2)19-35-23-14-11-10-13-22(23)32-33-35/h6-7,10-11,13-14,20-21,24-26,37H,1-2,8-9,12,15-19H2,3-5H3/t20?,21-,24+,25-,26?,30+,31?/m1/s1. The van der Waals surface area contributed by atoms with Crippen molar-refractivity contribution in [2.75, 3.05) is 19.8 Å². The largest absolute Gasteiger partial charge is 0.465 e. The van der Waals surface area contributed by atoms with E-state index >= 15 is 0 Å². The van der Waals surface area contributed by atoms with E-state index in [2.05, 4.69) is 23.5 Å². The van der Waals surface area contributed by atoms with Gasteiger partial charge in [-0.3, -0.25) is 14.4 Å². The molecule has 4 heterocycles. The summed E-state index contributed by atoms with van der Waals surface area (Å²) in [5, 5.41) is 18.6. The summed E-state index contributed by atoms with van der Waals surface area (Å²) in [4.78, 5) is 45.5. The number of unbranched alkanes of at least 4 members (excludes halogenated alkanes) is 2. The minimum atomic E-state index is -1.25. The number of aliphatic hydroxyl groups excluding tert-OH is 1. The highest BCUT2D eigenvalue weighted by Gasteiger charge is 2.80. The molecule has 3 aliphatic rings. The molecule has 2 aromatic rings. The van der Waals surface area contributed by atoms with Crippen molar-refractivity contribution < 1.29 is 29.0 Å². The molecule has 7 atom stereocenters. The van der Waals surface area contributed by atoms with Crippen LogP contribution < -0.4 is 0 Å². The number of fused-ring (bicyclic) bond motifs is 2. The first-order valence-corrected chi connectivity index (χ1v) is 14.7. The lowest BCUT2D eigenvalue weighted by Gasteiger charge is -2.38. The fourth-order valence-electron chi connectivity index (χ4n) is 7.26. The number of para-hydroxylation sites is 1. The topological polar surface area (TPSA) is 127 Å². The van der Waals surface area contributed by atoms with Crippen molar-refractivity contribution in [3.05, 3.63) is 49.6 Å². The fraction of sp³-hybridized carbons (Fsp3) is 0.581. The van der Waals surface area contributed by atoms with Gasteiger partial charge in [0.15, 0.2) is 0 Å². The predicted molar refractivity (Wildman–Crippen MR) is 155 cm³/mol. The molecule has 1 spiro atoms. The van der Waals surface area contributed by atoms with E-state index in [-0.39, 0.29) is 44.2 Å². The number of likely N-dealkylation sites (tertiary alicyclic amines) is 1. The second-order valence-corrected chi connectivity index (χ2v) is 12.0. The molecule has 0 aliphatic carbocycles. The summed E-state index contributed by atoms with van der Waals surface area (Å²) in [6.07, 6.45) is 6.21. The van der Waals surface area contributed by atoms with Crippen LogP contribution in [-0.2, 0) is 30.5 Å². The van der Waals surface area contributed by atoms with Crippen LogP contribution in [0, 0.1) is 17.8 Å². The van der Waals surface area contributed by atoms with Crippen molar-refractivity contribution >= 4 is 28.8 Å². The van der Waals surface area contributed by atoms with E-state index in [9.17, 15) is 19.5 Å². The lowest BCUT2D eigenvalue weighted by molar-refractivity contribution is -0.164. The molecule has 0 radical (unpaired) electrons. The van der Waals surface area contributed by atoms with E-state index in [0.29, 0.717) is 18.4 Å². The first kappa shape index (κ1) is 29.9. The number of rotatable bonds is 13. The maximum atomic E-state index is 14.6. The molecule has 3 fully saturated rings. The minimum Gasteiger partial charge on any atom is -0.465 e. The van der Waals surface area contributed by atoms with Crippen LogP contribution in [0.25, 0.3) is 11.0 Å². The third-order valence-electron chi connectivity index (χ3n) is 9.41. The first-order chi connectivity index (χ1) is 20.1. The van der Waals surface area contributed by atoms with Crippen LogP contribution in [0.1, 0.15) is 46.5 Å². The molecule has 11 heteroatoms. The lowest BCUT2D eigenvalue weighted by Crippen LogP contribution is -2.58. The van der Waals surface area contributed by atoms with E-state index in [1.807, 2.05) is 44.2 Å². The Morgan fingerprint density at radius 1 is 1.29 bits per heavy atom. The van der Waals surface area contributed by atoms with Gasteiger partial charge in [0.25, 0.3) is 0 Å². The fourth-order valence-corrected chi connectivity index (χ4v) is 7.26. The average Bonchev–Trinajstić information content (AvgIpc) is 3.65. The predicted octanol–water partition coefficient (Wildman–Crippen LogP) is 2.69. The van der Waals surface area contributed by atoms with Crippen LogP contribution in [0.2, 0.25) is 0 Å². The monoisotopic (exact) mass is 579 g/mol. The van der Waals surface area contributed by atoms with Gasteiger partial charge in [-0.25, -0.2) is 4.68 Å².